The van der Waals surface area contributed by atoms with Gasteiger partial charge in [-0.3, -0.25) is 14.4 Å². The Morgan fingerprint density at radius 2 is 1.34 bits per heavy atom. The number of carbonyl (C=O) groups excluding carboxylic acids is 4. The smallest absolute Gasteiger partial charge is 0.458 e. The van der Waals surface area contributed by atoms with Crippen LogP contribution in [0.25, 0.3) is 0 Å². The Kier molecular flexibility index (Phi) is 12.2. The van der Waals surface area contributed by atoms with E-state index in [1.54, 1.807) is 26.8 Å². The number of hydrogen-bond acceptors (Lipinski definition) is 10. The van der Waals surface area contributed by atoms with Crippen molar-refractivity contribution >= 4 is 24.1 Å². The Morgan fingerprint density at radius 1 is 0.816 bits per heavy atom. The van der Waals surface area contributed by atoms with E-state index in [-0.39, 0.29) is 54.3 Å². The Morgan fingerprint density at radius 3 is 1.84 bits per heavy atom. The molecule has 1 aromatic carbocycles. The van der Waals surface area contributed by atoms with Gasteiger partial charge in [-0.25, -0.2) is 4.79 Å². The highest BCUT2D eigenvalue weighted by atomic mass is 16.7. The van der Waals surface area contributed by atoms with E-state index in [4.69, 9.17) is 29.4 Å². The summed E-state index contributed by atoms with van der Waals surface area (Å²) in [5.74, 6) is -1.50. The molecule has 10 nitrogen and oxygen atoms in total. The van der Waals surface area contributed by atoms with E-state index in [0.29, 0.717) is 5.56 Å². The third-order valence-corrected chi connectivity index (χ3v) is 4.65. The summed E-state index contributed by atoms with van der Waals surface area (Å²) >= 11 is 0. The van der Waals surface area contributed by atoms with Crippen molar-refractivity contribution in [2.45, 2.75) is 99.8 Å². The van der Waals surface area contributed by atoms with E-state index in [1.165, 1.54) is 12.1 Å². The fourth-order valence-electron chi connectivity index (χ4n) is 3.10. The van der Waals surface area contributed by atoms with Crippen molar-refractivity contribution in [2.75, 3.05) is 6.61 Å². The number of nitrogens with two attached hydrogens (primary N) is 1. The lowest BCUT2D eigenvalue weighted by Crippen LogP contribution is -2.37. The lowest BCUT2D eigenvalue weighted by atomic mass is 9.92. The molecule has 0 spiro atoms. The van der Waals surface area contributed by atoms with Gasteiger partial charge in [0.05, 0.1) is 18.9 Å². The second-order valence-corrected chi connectivity index (χ2v) is 12.0. The zero-order valence-electron chi connectivity index (χ0n) is 24.0. The molecule has 2 N–H and O–H groups in total. The molecule has 0 aliphatic carbocycles. The zero-order valence-corrected chi connectivity index (χ0v) is 24.0. The van der Waals surface area contributed by atoms with E-state index in [9.17, 15) is 19.2 Å². The first-order valence-corrected chi connectivity index (χ1v) is 12.7. The first kappa shape index (κ1) is 32.9. The molecule has 0 unspecified atom stereocenters. The second kappa shape index (κ2) is 14.1. The molecule has 214 valence electrons. The highest BCUT2D eigenvalue weighted by Crippen LogP contribution is 2.32. The fourth-order valence-corrected chi connectivity index (χ4v) is 3.10. The summed E-state index contributed by atoms with van der Waals surface area (Å²) < 4.78 is 26.1. The van der Waals surface area contributed by atoms with Gasteiger partial charge in [0, 0.05) is 0 Å². The van der Waals surface area contributed by atoms with E-state index in [0.717, 1.165) is 0 Å². The number of ether oxygens (including phenoxy) is 5. The number of carbonyl (C=O) groups is 4. The van der Waals surface area contributed by atoms with Gasteiger partial charge < -0.3 is 29.4 Å². The summed E-state index contributed by atoms with van der Waals surface area (Å²) in [6.07, 6.45) is -1.57. The van der Waals surface area contributed by atoms with Crippen LogP contribution in [0, 0.1) is 10.8 Å². The van der Waals surface area contributed by atoms with Crippen LogP contribution in [0.4, 0.5) is 4.79 Å². The van der Waals surface area contributed by atoms with Gasteiger partial charge in [-0.15, -0.1) is 0 Å². The summed E-state index contributed by atoms with van der Waals surface area (Å²) in [6.45, 7) is 16.2. The molecule has 2 atom stereocenters. The topological polar surface area (TPSA) is 140 Å². The maximum atomic E-state index is 12.5. The standard InChI is InChI=1S/C28H43NO9/c1-17(2)35-26(33)34-16-18(3)36-25(32)20(29)12-19-10-11-21(37-23(30)14-27(4,5)6)22(13-19)38-24(31)15-28(7,8)9/h10-11,13,17-18,20H,12,14-16,29H2,1-9H3/t18-,20-/m0/s1. The molecule has 0 amide bonds. The minimum absolute atomic E-state index is 0.0574. The van der Waals surface area contributed by atoms with Crippen LogP contribution >= 0.6 is 0 Å². The van der Waals surface area contributed by atoms with Gasteiger partial charge in [-0.05, 0) is 55.7 Å². The monoisotopic (exact) mass is 537 g/mol. The highest BCUT2D eigenvalue weighted by molar-refractivity contribution is 5.78. The number of hydrogen-bond donors (Lipinski definition) is 1. The summed E-state index contributed by atoms with van der Waals surface area (Å²) in [6, 6.07) is 3.60. The molecule has 1 aromatic rings. The van der Waals surface area contributed by atoms with Crippen molar-refractivity contribution in [1.29, 1.82) is 0 Å². The predicted octanol–water partition coefficient (Wildman–Crippen LogP) is 4.73. The number of rotatable bonds is 11. The van der Waals surface area contributed by atoms with Gasteiger partial charge in [0.25, 0.3) is 0 Å². The van der Waals surface area contributed by atoms with Crippen LogP contribution in [0.2, 0.25) is 0 Å². The second-order valence-electron chi connectivity index (χ2n) is 12.0. The van der Waals surface area contributed by atoms with Gasteiger partial charge in [0.2, 0.25) is 0 Å². The van der Waals surface area contributed by atoms with E-state index in [2.05, 4.69) is 0 Å². The largest absolute Gasteiger partial charge is 0.508 e. The lowest BCUT2D eigenvalue weighted by molar-refractivity contribution is -0.152. The van der Waals surface area contributed by atoms with Gasteiger partial charge in [-0.1, -0.05) is 47.6 Å². The molecule has 0 radical (unpaired) electrons. The minimum atomic E-state index is -1.05. The molecule has 0 aliphatic rings. The highest BCUT2D eigenvalue weighted by Gasteiger charge is 2.24. The van der Waals surface area contributed by atoms with Gasteiger partial charge in [0.1, 0.15) is 18.8 Å². The van der Waals surface area contributed by atoms with Crippen LogP contribution < -0.4 is 15.2 Å². The molecule has 0 bridgehead atoms. The maximum Gasteiger partial charge on any atom is 0.508 e. The van der Waals surface area contributed by atoms with Crippen molar-refractivity contribution in [3.05, 3.63) is 23.8 Å². The van der Waals surface area contributed by atoms with E-state index < -0.39 is 36.2 Å². The third kappa shape index (κ3) is 14.0. The molecule has 10 heteroatoms. The van der Waals surface area contributed by atoms with E-state index in [1.807, 2.05) is 41.5 Å². The average Bonchev–Trinajstić information content (AvgIpc) is 2.70. The third-order valence-electron chi connectivity index (χ3n) is 4.65. The van der Waals surface area contributed by atoms with Crippen LogP contribution in [0.5, 0.6) is 11.5 Å². The van der Waals surface area contributed by atoms with Crippen molar-refractivity contribution in [3.63, 3.8) is 0 Å². The molecule has 0 saturated carbocycles. The zero-order chi connectivity index (χ0) is 29.3. The Balaban J connectivity index is 2.93. The maximum absolute atomic E-state index is 12.5. The van der Waals surface area contributed by atoms with Crippen molar-refractivity contribution in [1.82, 2.24) is 0 Å². The van der Waals surface area contributed by atoms with Crippen LogP contribution in [0.3, 0.4) is 0 Å². The number of benzene rings is 1. The SMILES string of the molecule is CC(C)OC(=O)OC[C@H](C)OC(=O)[C@@H](N)Cc1ccc(OC(=O)CC(C)(C)C)c(OC(=O)CC(C)(C)C)c1. The van der Waals surface area contributed by atoms with Crippen molar-refractivity contribution in [2.24, 2.45) is 16.6 Å². The summed E-state index contributed by atoms with van der Waals surface area (Å²) in [7, 11) is 0. The summed E-state index contributed by atoms with van der Waals surface area (Å²) in [4.78, 5) is 48.9. The quantitative estimate of drug-likeness (QED) is 0.311. The van der Waals surface area contributed by atoms with Gasteiger partial charge in [0.15, 0.2) is 11.5 Å². The summed E-state index contributed by atoms with van der Waals surface area (Å²) in [5.41, 5.74) is 6.01. The molecule has 38 heavy (non-hydrogen) atoms. The first-order chi connectivity index (χ1) is 17.3. The van der Waals surface area contributed by atoms with Crippen LogP contribution in [0.15, 0.2) is 18.2 Å². The van der Waals surface area contributed by atoms with Gasteiger partial charge in [-0.2, -0.15) is 0 Å². The fraction of sp³-hybridized carbons (Fsp3) is 0.643. The summed E-state index contributed by atoms with van der Waals surface area (Å²) in [5, 5.41) is 0. The Bertz CT molecular complexity index is 974. The van der Waals surface area contributed by atoms with Crippen LogP contribution in [-0.4, -0.2) is 48.9 Å². The molecular formula is C28H43NO9. The molecule has 0 fully saturated rings. The Labute approximate surface area is 225 Å². The normalized spacial score (nSPS) is 13.3. The molecule has 0 saturated heterocycles. The van der Waals surface area contributed by atoms with E-state index >= 15 is 0 Å². The minimum Gasteiger partial charge on any atom is -0.458 e. The molecule has 0 aliphatic heterocycles. The van der Waals surface area contributed by atoms with Crippen molar-refractivity contribution < 1.29 is 42.9 Å². The molecular weight excluding hydrogens is 494 g/mol. The van der Waals surface area contributed by atoms with Crippen LogP contribution in [0.1, 0.15) is 80.7 Å². The number of esters is 3. The first-order valence-electron chi connectivity index (χ1n) is 12.7. The predicted molar refractivity (Wildman–Crippen MR) is 141 cm³/mol. The van der Waals surface area contributed by atoms with Crippen LogP contribution in [-0.2, 0) is 35.0 Å². The van der Waals surface area contributed by atoms with Gasteiger partial charge >= 0.3 is 24.1 Å². The lowest BCUT2D eigenvalue weighted by Gasteiger charge is -2.20. The molecule has 0 heterocycles. The van der Waals surface area contributed by atoms with Crippen molar-refractivity contribution in [3.8, 4) is 11.5 Å². The average molecular weight is 538 g/mol. The molecule has 1 rings (SSSR count). The molecule has 0 aromatic heterocycles. The Hall–Kier alpha value is -3.14.